The first-order chi connectivity index (χ1) is 11.5. The molecule has 0 aromatic carbocycles. The van der Waals surface area contributed by atoms with Crippen molar-refractivity contribution in [3.63, 3.8) is 0 Å². The molecule has 0 saturated carbocycles. The average Bonchev–Trinajstić information content (AvgIpc) is 3.09. The van der Waals surface area contributed by atoms with E-state index in [9.17, 15) is 9.59 Å². The van der Waals surface area contributed by atoms with Crippen LogP contribution >= 0.6 is 11.3 Å². The Morgan fingerprint density at radius 1 is 1.40 bits per heavy atom. The van der Waals surface area contributed by atoms with Gasteiger partial charge in [0.1, 0.15) is 5.60 Å². The second-order valence-corrected chi connectivity index (χ2v) is 9.38. The molecule has 2 heterocycles. The van der Waals surface area contributed by atoms with Crippen LogP contribution in [0.2, 0.25) is 0 Å². The van der Waals surface area contributed by atoms with Crippen molar-refractivity contribution in [2.45, 2.75) is 53.6 Å². The van der Waals surface area contributed by atoms with Gasteiger partial charge in [-0.2, -0.15) is 0 Å². The smallest absolute Gasteiger partial charge is 0.407 e. The molecule has 0 unspecified atom stereocenters. The Kier molecular flexibility index (Phi) is 5.82. The summed E-state index contributed by atoms with van der Waals surface area (Å²) in [6, 6.07) is 3.95. The van der Waals surface area contributed by atoms with E-state index in [-0.39, 0.29) is 11.3 Å². The summed E-state index contributed by atoms with van der Waals surface area (Å²) in [6.07, 6.45) is 0.544. The number of rotatable bonds is 4. The van der Waals surface area contributed by atoms with E-state index in [0.717, 1.165) is 11.3 Å². The Morgan fingerprint density at radius 3 is 2.64 bits per heavy atom. The van der Waals surface area contributed by atoms with Gasteiger partial charge in [0.25, 0.3) is 5.91 Å². The van der Waals surface area contributed by atoms with Gasteiger partial charge in [-0.15, -0.1) is 11.3 Å². The Balaban J connectivity index is 1.97. The molecule has 0 aliphatic carbocycles. The number of likely N-dealkylation sites (tertiary alicyclic amines) is 1. The Hall–Kier alpha value is -1.56. The highest BCUT2D eigenvalue weighted by Gasteiger charge is 2.42. The number of thiophene rings is 1. The molecule has 1 aromatic heterocycles. The summed E-state index contributed by atoms with van der Waals surface area (Å²) in [4.78, 5) is 28.6. The van der Waals surface area contributed by atoms with Gasteiger partial charge in [-0.3, -0.25) is 4.79 Å². The van der Waals surface area contributed by atoms with Crippen LogP contribution in [0, 0.1) is 11.3 Å². The van der Waals surface area contributed by atoms with Crippen molar-refractivity contribution in [1.82, 2.24) is 10.2 Å². The molecule has 6 heteroatoms. The molecule has 0 bridgehead atoms. The van der Waals surface area contributed by atoms with Crippen molar-refractivity contribution in [3.05, 3.63) is 21.9 Å². The van der Waals surface area contributed by atoms with E-state index in [0.29, 0.717) is 25.6 Å². The molecule has 0 radical (unpaired) electrons. The van der Waals surface area contributed by atoms with E-state index >= 15 is 0 Å². The van der Waals surface area contributed by atoms with Crippen LogP contribution in [0.3, 0.4) is 0 Å². The second kappa shape index (κ2) is 7.36. The molecule has 1 fully saturated rings. The lowest BCUT2D eigenvalue weighted by atomic mass is 9.81. The molecule has 1 N–H and O–H groups in total. The van der Waals surface area contributed by atoms with E-state index in [2.05, 4.69) is 26.1 Å². The molecule has 1 aliphatic rings. The molecular formula is C19H30N2O3S. The van der Waals surface area contributed by atoms with E-state index < -0.39 is 11.7 Å². The molecular weight excluding hydrogens is 336 g/mol. The molecule has 2 atom stereocenters. The van der Waals surface area contributed by atoms with E-state index in [1.165, 1.54) is 4.88 Å². The van der Waals surface area contributed by atoms with Crippen molar-refractivity contribution < 1.29 is 14.3 Å². The van der Waals surface area contributed by atoms with Crippen LogP contribution in [0.5, 0.6) is 0 Å². The second-order valence-electron chi connectivity index (χ2n) is 8.22. The molecule has 1 aromatic rings. The maximum absolute atomic E-state index is 12.8. The van der Waals surface area contributed by atoms with Crippen LogP contribution in [-0.4, -0.2) is 42.1 Å². The quantitative estimate of drug-likeness (QED) is 0.878. The monoisotopic (exact) mass is 366 g/mol. The average molecular weight is 367 g/mol. The lowest BCUT2D eigenvalue weighted by molar-refractivity contribution is 0.0496. The molecule has 1 saturated heterocycles. The SMILES string of the molecule is CCc1ccc(C(=O)N2C[C@@H](C)[C@](C)(CNC(=O)OC(C)(C)C)C2)s1. The van der Waals surface area contributed by atoms with Crippen LogP contribution < -0.4 is 5.32 Å². The number of hydrogen-bond acceptors (Lipinski definition) is 4. The van der Waals surface area contributed by atoms with E-state index in [4.69, 9.17) is 4.74 Å². The predicted octanol–water partition coefficient (Wildman–Crippen LogP) is 3.93. The van der Waals surface area contributed by atoms with Gasteiger partial charge in [0.05, 0.1) is 4.88 Å². The minimum atomic E-state index is -0.509. The summed E-state index contributed by atoms with van der Waals surface area (Å²) < 4.78 is 5.31. The number of nitrogens with zero attached hydrogens (tertiary/aromatic N) is 1. The predicted molar refractivity (Wildman–Crippen MR) is 101 cm³/mol. The highest BCUT2D eigenvalue weighted by molar-refractivity contribution is 7.14. The summed E-state index contributed by atoms with van der Waals surface area (Å²) in [5.41, 5.74) is -0.665. The number of alkyl carbamates (subject to hydrolysis) is 1. The summed E-state index contributed by atoms with van der Waals surface area (Å²) in [5.74, 6) is 0.398. The zero-order valence-corrected chi connectivity index (χ0v) is 17.0. The summed E-state index contributed by atoms with van der Waals surface area (Å²) >= 11 is 1.57. The van der Waals surface area contributed by atoms with Gasteiger partial charge in [0, 0.05) is 29.9 Å². The Morgan fingerprint density at radius 2 is 2.08 bits per heavy atom. The molecule has 1 aliphatic heterocycles. The fraction of sp³-hybridized carbons (Fsp3) is 0.684. The molecule has 140 valence electrons. The van der Waals surface area contributed by atoms with Crippen molar-refractivity contribution in [2.75, 3.05) is 19.6 Å². The zero-order valence-electron chi connectivity index (χ0n) is 16.1. The normalized spacial score (nSPS) is 23.6. The van der Waals surface area contributed by atoms with Crippen molar-refractivity contribution in [3.8, 4) is 0 Å². The fourth-order valence-corrected chi connectivity index (χ4v) is 3.93. The van der Waals surface area contributed by atoms with Crippen LogP contribution in [-0.2, 0) is 11.2 Å². The summed E-state index contributed by atoms with van der Waals surface area (Å²) in [5, 5.41) is 2.87. The largest absolute Gasteiger partial charge is 0.444 e. The maximum atomic E-state index is 12.8. The van der Waals surface area contributed by atoms with E-state index in [1.807, 2.05) is 37.8 Å². The lowest BCUT2D eigenvalue weighted by Gasteiger charge is -2.29. The summed E-state index contributed by atoms with van der Waals surface area (Å²) in [7, 11) is 0. The number of nitrogens with one attached hydrogen (secondary N) is 1. The standard InChI is InChI=1S/C19H30N2O3S/c1-7-14-8-9-15(25-14)16(22)21-10-13(2)19(6,12-21)11-20-17(23)24-18(3,4)5/h8-9,13H,7,10-12H2,1-6H3,(H,20,23)/t13-,19-/m1/s1. The van der Waals surface area contributed by atoms with E-state index in [1.54, 1.807) is 11.3 Å². The highest BCUT2D eigenvalue weighted by atomic mass is 32.1. The van der Waals surface area contributed by atoms with Gasteiger partial charge in [-0.25, -0.2) is 4.79 Å². The van der Waals surface area contributed by atoms with Crippen LogP contribution in [0.25, 0.3) is 0 Å². The zero-order chi connectivity index (χ0) is 18.8. The summed E-state index contributed by atoms with van der Waals surface area (Å²) in [6.45, 7) is 13.7. The highest BCUT2D eigenvalue weighted by Crippen LogP contribution is 2.36. The fourth-order valence-electron chi connectivity index (χ4n) is 3.02. The third-order valence-electron chi connectivity index (χ3n) is 4.78. The van der Waals surface area contributed by atoms with Gasteiger partial charge in [0.2, 0.25) is 0 Å². The number of amides is 2. The number of carbonyl (C=O) groups is 2. The lowest BCUT2D eigenvalue weighted by Crippen LogP contribution is -2.42. The van der Waals surface area contributed by atoms with Gasteiger partial charge < -0.3 is 15.0 Å². The first-order valence-electron chi connectivity index (χ1n) is 8.89. The molecule has 2 amide bonds. The van der Waals surface area contributed by atoms with Crippen molar-refractivity contribution in [1.29, 1.82) is 0 Å². The first-order valence-corrected chi connectivity index (χ1v) is 9.70. The number of carbonyl (C=O) groups excluding carboxylic acids is 2. The number of ether oxygens (including phenoxy) is 1. The van der Waals surface area contributed by atoms with Gasteiger partial charge in [-0.05, 0) is 45.2 Å². The third-order valence-corrected chi connectivity index (χ3v) is 6.00. The number of hydrogen-bond donors (Lipinski definition) is 1. The number of aryl methyl sites for hydroxylation is 1. The van der Waals surface area contributed by atoms with Crippen LogP contribution in [0.4, 0.5) is 4.79 Å². The minimum absolute atomic E-state index is 0.0949. The first kappa shape index (κ1) is 19.8. The molecule has 2 rings (SSSR count). The topological polar surface area (TPSA) is 58.6 Å². The van der Waals surface area contributed by atoms with Crippen molar-refractivity contribution in [2.24, 2.45) is 11.3 Å². The third kappa shape index (κ3) is 4.97. The minimum Gasteiger partial charge on any atom is -0.444 e. The van der Waals surface area contributed by atoms with Gasteiger partial charge in [0.15, 0.2) is 0 Å². The van der Waals surface area contributed by atoms with Crippen LogP contribution in [0.15, 0.2) is 12.1 Å². The van der Waals surface area contributed by atoms with Gasteiger partial charge >= 0.3 is 6.09 Å². The molecule has 5 nitrogen and oxygen atoms in total. The van der Waals surface area contributed by atoms with Crippen molar-refractivity contribution >= 4 is 23.3 Å². The Labute approximate surface area is 154 Å². The molecule has 0 spiro atoms. The Bertz CT molecular complexity index is 635. The van der Waals surface area contributed by atoms with Gasteiger partial charge in [-0.1, -0.05) is 20.8 Å². The molecule has 25 heavy (non-hydrogen) atoms. The van der Waals surface area contributed by atoms with Crippen LogP contribution in [0.1, 0.15) is 56.1 Å². The maximum Gasteiger partial charge on any atom is 0.407 e.